The Kier molecular flexibility index (Phi) is 4.62. The van der Waals surface area contributed by atoms with E-state index in [9.17, 15) is 9.59 Å². The summed E-state index contributed by atoms with van der Waals surface area (Å²) in [6, 6.07) is 8.46. The number of hydrogen-bond donors (Lipinski definition) is 1. The maximum absolute atomic E-state index is 12.6. The van der Waals surface area contributed by atoms with Gasteiger partial charge in [0.1, 0.15) is 0 Å². The van der Waals surface area contributed by atoms with Crippen molar-refractivity contribution >= 4 is 11.8 Å². The zero-order valence-corrected chi connectivity index (χ0v) is 15.9. The first kappa shape index (κ1) is 17.9. The molecule has 0 radical (unpaired) electrons. The van der Waals surface area contributed by atoms with Crippen molar-refractivity contribution in [2.75, 3.05) is 33.7 Å². The minimum atomic E-state index is -0.411. The van der Waals surface area contributed by atoms with Crippen LogP contribution in [-0.2, 0) is 9.59 Å². The van der Waals surface area contributed by atoms with Crippen molar-refractivity contribution in [2.24, 2.45) is 11.3 Å². The minimum absolute atomic E-state index is 0.0346. The molecular formula is C20H29N3O2. The molecule has 25 heavy (non-hydrogen) atoms. The average molecular weight is 343 g/mol. The molecule has 1 heterocycles. The van der Waals surface area contributed by atoms with Gasteiger partial charge >= 0.3 is 0 Å². The van der Waals surface area contributed by atoms with Gasteiger partial charge in [0.25, 0.3) is 0 Å². The number of benzene rings is 1. The van der Waals surface area contributed by atoms with Crippen LogP contribution in [0.5, 0.6) is 0 Å². The number of amides is 2. The highest BCUT2D eigenvalue weighted by Gasteiger charge is 2.47. The molecule has 0 unspecified atom stereocenters. The first-order chi connectivity index (χ1) is 11.7. The van der Waals surface area contributed by atoms with Crippen LogP contribution in [0.3, 0.4) is 0 Å². The molecule has 1 aromatic carbocycles. The quantitative estimate of drug-likeness (QED) is 0.913. The number of hydrogen-bond acceptors (Lipinski definition) is 3. The SMILES string of the molecule is CN(C)C(=O)CN1C[C@@H]2[C@H](NC(=O)C(C)(C)C)c3ccccc3[C@@H]2C1. The van der Waals surface area contributed by atoms with Gasteiger partial charge in [-0.05, 0) is 11.1 Å². The van der Waals surface area contributed by atoms with E-state index in [1.54, 1.807) is 19.0 Å². The Labute approximate surface area is 150 Å². The Morgan fingerprint density at radius 2 is 1.80 bits per heavy atom. The molecule has 5 heteroatoms. The zero-order valence-electron chi connectivity index (χ0n) is 15.9. The van der Waals surface area contributed by atoms with Crippen LogP contribution in [0.25, 0.3) is 0 Å². The smallest absolute Gasteiger partial charge is 0.236 e. The van der Waals surface area contributed by atoms with Gasteiger partial charge in [0.15, 0.2) is 0 Å². The largest absolute Gasteiger partial charge is 0.348 e. The third-order valence-electron chi connectivity index (χ3n) is 5.42. The van der Waals surface area contributed by atoms with Gasteiger partial charge in [-0.15, -0.1) is 0 Å². The summed E-state index contributed by atoms with van der Waals surface area (Å²) in [5.74, 6) is 0.925. The van der Waals surface area contributed by atoms with Crippen molar-refractivity contribution in [3.05, 3.63) is 35.4 Å². The standard InChI is InChI=1S/C20H29N3O2/c1-20(2,3)19(25)21-18-14-9-7-6-8-13(14)15-10-23(11-16(15)18)12-17(24)22(4)5/h6-9,15-16,18H,10-12H2,1-5H3,(H,21,25)/t15-,16-,18+/m0/s1. The summed E-state index contributed by atoms with van der Waals surface area (Å²) < 4.78 is 0. The van der Waals surface area contributed by atoms with E-state index >= 15 is 0 Å². The first-order valence-electron chi connectivity index (χ1n) is 9.01. The predicted molar refractivity (Wildman–Crippen MR) is 98.1 cm³/mol. The lowest BCUT2D eigenvalue weighted by Crippen LogP contribution is -2.40. The first-order valence-corrected chi connectivity index (χ1v) is 9.01. The lowest BCUT2D eigenvalue weighted by atomic mass is 9.91. The van der Waals surface area contributed by atoms with Crippen molar-refractivity contribution in [2.45, 2.75) is 32.7 Å². The number of nitrogens with one attached hydrogen (secondary N) is 1. The fraction of sp³-hybridized carbons (Fsp3) is 0.600. The average Bonchev–Trinajstić information content (AvgIpc) is 3.05. The zero-order chi connectivity index (χ0) is 18.4. The van der Waals surface area contributed by atoms with Crippen LogP contribution in [-0.4, -0.2) is 55.3 Å². The topological polar surface area (TPSA) is 52.7 Å². The Morgan fingerprint density at radius 3 is 2.40 bits per heavy atom. The summed E-state index contributed by atoms with van der Waals surface area (Å²) >= 11 is 0. The van der Waals surface area contributed by atoms with Gasteiger partial charge in [0.2, 0.25) is 11.8 Å². The van der Waals surface area contributed by atoms with Crippen molar-refractivity contribution in [3.63, 3.8) is 0 Å². The van der Waals surface area contributed by atoms with Gasteiger partial charge in [-0.3, -0.25) is 14.5 Å². The summed E-state index contributed by atoms with van der Waals surface area (Å²) in [6.07, 6.45) is 0. The van der Waals surface area contributed by atoms with Crippen LogP contribution in [0, 0.1) is 11.3 Å². The molecule has 1 N–H and O–H groups in total. The maximum Gasteiger partial charge on any atom is 0.236 e. The molecule has 5 nitrogen and oxygen atoms in total. The van der Waals surface area contributed by atoms with Gasteiger partial charge in [0.05, 0.1) is 12.6 Å². The molecule has 0 spiro atoms. The highest BCUT2D eigenvalue weighted by Crippen LogP contribution is 2.49. The Morgan fingerprint density at radius 1 is 1.16 bits per heavy atom. The molecule has 3 rings (SSSR count). The van der Waals surface area contributed by atoms with Crippen LogP contribution < -0.4 is 5.32 Å². The Balaban J connectivity index is 1.82. The van der Waals surface area contributed by atoms with Crippen LogP contribution in [0.1, 0.15) is 43.9 Å². The molecule has 2 aliphatic rings. The number of likely N-dealkylation sites (tertiary alicyclic amines) is 1. The lowest BCUT2D eigenvalue weighted by molar-refractivity contribution is -0.130. The van der Waals surface area contributed by atoms with Gasteiger partial charge < -0.3 is 10.2 Å². The van der Waals surface area contributed by atoms with Gasteiger partial charge in [-0.2, -0.15) is 0 Å². The number of rotatable bonds is 3. The maximum atomic E-state index is 12.6. The summed E-state index contributed by atoms with van der Waals surface area (Å²) in [4.78, 5) is 28.5. The van der Waals surface area contributed by atoms with E-state index in [2.05, 4.69) is 28.4 Å². The fourth-order valence-corrected chi connectivity index (χ4v) is 3.95. The second kappa shape index (κ2) is 6.45. The second-order valence-electron chi connectivity index (χ2n) is 8.58. The van der Waals surface area contributed by atoms with E-state index in [0.29, 0.717) is 18.4 Å². The van der Waals surface area contributed by atoms with Crippen LogP contribution in [0.2, 0.25) is 0 Å². The Hall–Kier alpha value is -1.88. The summed E-state index contributed by atoms with van der Waals surface area (Å²) in [7, 11) is 3.59. The molecule has 2 amide bonds. The van der Waals surface area contributed by atoms with Crippen LogP contribution >= 0.6 is 0 Å². The Bertz CT molecular complexity index is 678. The molecular weight excluding hydrogens is 314 g/mol. The van der Waals surface area contributed by atoms with Crippen molar-refractivity contribution in [1.29, 1.82) is 0 Å². The molecule has 1 fully saturated rings. The highest BCUT2D eigenvalue weighted by atomic mass is 16.2. The highest BCUT2D eigenvalue weighted by molar-refractivity contribution is 5.82. The summed E-state index contributed by atoms with van der Waals surface area (Å²) in [6.45, 7) is 7.99. The van der Waals surface area contributed by atoms with E-state index in [-0.39, 0.29) is 17.9 Å². The van der Waals surface area contributed by atoms with E-state index in [1.165, 1.54) is 11.1 Å². The van der Waals surface area contributed by atoms with Crippen molar-refractivity contribution in [3.8, 4) is 0 Å². The molecule has 1 aliphatic carbocycles. The molecule has 0 saturated carbocycles. The molecule has 136 valence electrons. The minimum Gasteiger partial charge on any atom is -0.348 e. The number of fused-ring (bicyclic) bond motifs is 3. The second-order valence-corrected chi connectivity index (χ2v) is 8.58. The summed E-state index contributed by atoms with van der Waals surface area (Å²) in [5, 5.41) is 3.28. The lowest BCUT2D eigenvalue weighted by Gasteiger charge is -2.27. The summed E-state index contributed by atoms with van der Waals surface area (Å²) in [5.41, 5.74) is 2.16. The predicted octanol–water partition coefficient (Wildman–Crippen LogP) is 2.01. The van der Waals surface area contributed by atoms with Crippen LogP contribution in [0.15, 0.2) is 24.3 Å². The third kappa shape index (κ3) is 3.43. The molecule has 0 aromatic heterocycles. The number of carbonyl (C=O) groups excluding carboxylic acids is 2. The molecule has 0 bridgehead atoms. The van der Waals surface area contributed by atoms with Crippen molar-refractivity contribution < 1.29 is 9.59 Å². The molecule has 1 saturated heterocycles. The monoisotopic (exact) mass is 343 g/mol. The van der Waals surface area contributed by atoms with Gasteiger partial charge in [0, 0.05) is 44.4 Å². The van der Waals surface area contributed by atoms with E-state index in [4.69, 9.17) is 0 Å². The number of likely N-dealkylation sites (N-methyl/N-ethyl adjacent to an activating group) is 1. The van der Waals surface area contributed by atoms with Gasteiger partial charge in [-0.1, -0.05) is 45.0 Å². The molecule has 1 aliphatic heterocycles. The van der Waals surface area contributed by atoms with Crippen LogP contribution in [0.4, 0.5) is 0 Å². The third-order valence-corrected chi connectivity index (χ3v) is 5.42. The normalized spacial score (nSPS) is 25.4. The van der Waals surface area contributed by atoms with Gasteiger partial charge in [-0.25, -0.2) is 0 Å². The van der Waals surface area contributed by atoms with Crippen molar-refractivity contribution in [1.82, 2.24) is 15.1 Å². The number of carbonyl (C=O) groups is 2. The molecule has 3 atom stereocenters. The van der Waals surface area contributed by atoms with E-state index < -0.39 is 5.41 Å². The van der Waals surface area contributed by atoms with E-state index in [1.807, 2.05) is 26.8 Å². The molecule has 1 aromatic rings. The van der Waals surface area contributed by atoms with E-state index in [0.717, 1.165) is 13.1 Å². The fourth-order valence-electron chi connectivity index (χ4n) is 3.95. The number of nitrogens with zero attached hydrogens (tertiary/aromatic N) is 2.